The number of ether oxygens (including phenoxy) is 1. The lowest BCUT2D eigenvalue weighted by molar-refractivity contribution is -0.127. The number of carbonyl (C=O) groups is 1. The molecule has 0 bridgehead atoms. The Morgan fingerprint density at radius 1 is 1.42 bits per heavy atom. The van der Waals surface area contributed by atoms with E-state index in [0.717, 1.165) is 41.6 Å². The summed E-state index contributed by atoms with van der Waals surface area (Å²) < 4.78 is 6.65. The van der Waals surface area contributed by atoms with Crippen molar-refractivity contribution in [3.8, 4) is 5.75 Å². The van der Waals surface area contributed by atoms with Crippen molar-refractivity contribution < 1.29 is 9.53 Å². The molecule has 0 saturated heterocycles. The fraction of sp³-hybridized carbons (Fsp3) is 0.533. The van der Waals surface area contributed by atoms with Crippen molar-refractivity contribution in [3.05, 3.63) is 28.2 Å². The molecular formula is C15H22BrNO2. The number of aryl methyl sites for hydroxylation is 1. The van der Waals surface area contributed by atoms with Crippen LogP contribution in [0.5, 0.6) is 5.75 Å². The molecule has 1 amide bonds. The van der Waals surface area contributed by atoms with E-state index in [1.165, 1.54) is 0 Å². The Labute approximate surface area is 123 Å². The summed E-state index contributed by atoms with van der Waals surface area (Å²) >= 11 is 3.40. The SMILES string of the molecule is CCCCCNC(=O)C(C)Oc1cc(Br)ccc1C. The average molecular weight is 328 g/mol. The first kappa shape index (κ1) is 16.0. The highest BCUT2D eigenvalue weighted by molar-refractivity contribution is 9.10. The van der Waals surface area contributed by atoms with E-state index in [-0.39, 0.29) is 5.91 Å². The van der Waals surface area contributed by atoms with E-state index in [4.69, 9.17) is 4.74 Å². The molecule has 0 aliphatic heterocycles. The van der Waals surface area contributed by atoms with Gasteiger partial charge in [-0.3, -0.25) is 4.79 Å². The molecule has 1 N–H and O–H groups in total. The summed E-state index contributed by atoms with van der Waals surface area (Å²) in [4.78, 5) is 11.9. The number of rotatable bonds is 7. The Morgan fingerprint density at radius 2 is 2.16 bits per heavy atom. The maximum atomic E-state index is 11.9. The highest BCUT2D eigenvalue weighted by Gasteiger charge is 2.15. The number of hydrogen-bond acceptors (Lipinski definition) is 2. The van der Waals surface area contributed by atoms with Crippen LogP contribution in [0.25, 0.3) is 0 Å². The number of benzene rings is 1. The Hall–Kier alpha value is -1.03. The van der Waals surface area contributed by atoms with Gasteiger partial charge < -0.3 is 10.1 Å². The fourth-order valence-electron chi connectivity index (χ4n) is 1.68. The molecule has 0 aliphatic carbocycles. The van der Waals surface area contributed by atoms with E-state index < -0.39 is 6.10 Å². The van der Waals surface area contributed by atoms with Gasteiger partial charge in [-0.1, -0.05) is 41.8 Å². The Kier molecular flexibility index (Phi) is 6.92. The molecule has 1 aromatic rings. The second kappa shape index (κ2) is 8.20. The first-order valence-electron chi connectivity index (χ1n) is 6.75. The predicted molar refractivity (Wildman–Crippen MR) is 81.5 cm³/mol. The largest absolute Gasteiger partial charge is 0.481 e. The molecule has 0 aliphatic rings. The quantitative estimate of drug-likeness (QED) is 0.773. The fourth-order valence-corrected chi connectivity index (χ4v) is 2.02. The zero-order chi connectivity index (χ0) is 14.3. The van der Waals surface area contributed by atoms with E-state index in [1.54, 1.807) is 6.92 Å². The molecule has 4 heteroatoms. The molecule has 1 rings (SSSR count). The van der Waals surface area contributed by atoms with Gasteiger partial charge in [-0.2, -0.15) is 0 Å². The molecule has 0 fully saturated rings. The first-order chi connectivity index (χ1) is 9.04. The maximum Gasteiger partial charge on any atom is 0.260 e. The van der Waals surface area contributed by atoms with Gasteiger partial charge in [-0.15, -0.1) is 0 Å². The molecule has 0 aromatic heterocycles. The van der Waals surface area contributed by atoms with Gasteiger partial charge in [0.05, 0.1) is 0 Å². The van der Waals surface area contributed by atoms with Gasteiger partial charge in [-0.05, 0) is 38.0 Å². The highest BCUT2D eigenvalue weighted by Crippen LogP contribution is 2.23. The van der Waals surface area contributed by atoms with Crippen molar-refractivity contribution in [3.63, 3.8) is 0 Å². The van der Waals surface area contributed by atoms with Crippen LogP contribution in [-0.4, -0.2) is 18.6 Å². The molecule has 0 radical (unpaired) electrons. The van der Waals surface area contributed by atoms with Crippen LogP contribution >= 0.6 is 15.9 Å². The molecule has 1 atom stereocenters. The summed E-state index contributed by atoms with van der Waals surface area (Å²) in [6, 6.07) is 5.80. The second-order valence-corrected chi connectivity index (χ2v) is 5.58. The van der Waals surface area contributed by atoms with Crippen molar-refractivity contribution in [2.24, 2.45) is 0 Å². The summed E-state index contributed by atoms with van der Waals surface area (Å²) in [5.41, 5.74) is 1.02. The van der Waals surface area contributed by atoms with Crippen LogP contribution < -0.4 is 10.1 Å². The molecule has 0 spiro atoms. The number of hydrogen-bond donors (Lipinski definition) is 1. The van der Waals surface area contributed by atoms with E-state index in [0.29, 0.717) is 0 Å². The highest BCUT2D eigenvalue weighted by atomic mass is 79.9. The third-order valence-corrected chi connectivity index (χ3v) is 3.40. The second-order valence-electron chi connectivity index (χ2n) is 4.67. The van der Waals surface area contributed by atoms with Gasteiger partial charge in [0.1, 0.15) is 5.75 Å². The van der Waals surface area contributed by atoms with Crippen LogP contribution in [0, 0.1) is 6.92 Å². The van der Waals surface area contributed by atoms with E-state index >= 15 is 0 Å². The number of halogens is 1. The van der Waals surface area contributed by atoms with Crippen LogP contribution in [0.4, 0.5) is 0 Å². The van der Waals surface area contributed by atoms with Crippen LogP contribution in [0.15, 0.2) is 22.7 Å². The lowest BCUT2D eigenvalue weighted by Gasteiger charge is -2.16. The molecular weight excluding hydrogens is 306 g/mol. The van der Waals surface area contributed by atoms with Gasteiger partial charge >= 0.3 is 0 Å². The number of amides is 1. The van der Waals surface area contributed by atoms with Crippen molar-refractivity contribution in [2.45, 2.75) is 46.1 Å². The molecule has 1 aromatic carbocycles. The third-order valence-electron chi connectivity index (χ3n) is 2.90. The topological polar surface area (TPSA) is 38.3 Å². The molecule has 0 heterocycles. The maximum absolute atomic E-state index is 11.9. The van der Waals surface area contributed by atoms with Crippen LogP contribution in [0.2, 0.25) is 0 Å². The lowest BCUT2D eigenvalue weighted by atomic mass is 10.2. The summed E-state index contributed by atoms with van der Waals surface area (Å²) in [6.45, 7) is 6.60. The van der Waals surface area contributed by atoms with Crippen LogP contribution in [-0.2, 0) is 4.79 Å². The average Bonchev–Trinajstić information content (AvgIpc) is 2.38. The van der Waals surface area contributed by atoms with E-state index in [1.807, 2.05) is 25.1 Å². The van der Waals surface area contributed by atoms with Gasteiger partial charge in [0, 0.05) is 11.0 Å². The molecule has 1 unspecified atom stereocenters. The monoisotopic (exact) mass is 327 g/mol. The third kappa shape index (κ3) is 5.64. The van der Waals surface area contributed by atoms with Gasteiger partial charge in [-0.25, -0.2) is 0 Å². The number of nitrogens with one attached hydrogen (secondary N) is 1. The number of carbonyl (C=O) groups excluding carboxylic acids is 1. The van der Waals surface area contributed by atoms with Crippen LogP contribution in [0.3, 0.4) is 0 Å². The summed E-state index contributed by atoms with van der Waals surface area (Å²) in [6.07, 6.45) is 2.83. The first-order valence-corrected chi connectivity index (χ1v) is 7.54. The van der Waals surface area contributed by atoms with Crippen molar-refractivity contribution >= 4 is 21.8 Å². The Morgan fingerprint density at radius 3 is 2.84 bits per heavy atom. The standard InChI is InChI=1S/C15H22BrNO2/c1-4-5-6-9-17-15(18)12(3)19-14-10-13(16)8-7-11(14)2/h7-8,10,12H,4-6,9H2,1-3H3,(H,17,18). The van der Waals surface area contributed by atoms with E-state index in [2.05, 4.69) is 28.2 Å². The summed E-state index contributed by atoms with van der Waals surface area (Å²) in [5, 5.41) is 2.90. The minimum atomic E-state index is -0.477. The molecule has 0 saturated carbocycles. The number of unbranched alkanes of at least 4 members (excludes halogenated alkanes) is 2. The zero-order valence-electron chi connectivity index (χ0n) is 11.8. The normalized spacial score (nSPS) is 12.0. The molecule has 106 valence electrons. The zero-order valence-corrected chi connectivity index (χ0v) is 13.4. The molecule has 19 heavy (non-hydrogen) atoms. The smallest absolute Gasteiger partial charge is 0.260 e. The van der Waals surface area contributed by atoms with Crippen molar-refractivity contribution in [1.82, 2.24) is 5.32 Å². The van der Waals surface area contributed by atoms with Crippen molar-refractivity contribution in [2.75, 3.05) is 6.54 Å². The van der Waals surface area contributed by atoms with E-state index in [9.17, 15) is 4.79 Å². The Bertz CT molecular complexity index is 421. The minimum Gasteiger partial charge on any atom is -0.481 e. The predicted octanol–water partition coefficient (Wildman–Crippen LogP) is 3.83. The lowest BCUT2D eigenvalue weighted by Crippen LogP contribution is -2.36. The van der Waals surface area contributed by atoms with Gasteiger partial charge in [0.25, 0.3) is 5.91 Å². The summed E-state index contributed by atoms with van der Waals surface area (Å²) in [5.74, 6) is 0.682. The van der Waals surface area contributed by atoms with Gasteiger partial charge in [0.2, 0.25) is 0 Å². The Balaban J connectivity index is 2.47. The van der Waals surface area contributed by atoms with Gasteiger partial charge in [0.15, 0.2) is 6.10 Å². The van der Waals surface area contributed by atoms with Crippen LogP contribution in [0.1, 0.15) is 38.7 Å². The molecule has 3 nitrogen and oxygen atoms in total. The summed E-state index contributed by atoms with van der Waals surface area (Å²) in [7, 11) is 0. The minimum absolute atomic E-state index is 0.0597. The van der Waals surface area contributed by atoms with Crippen molar-refractivity contribution in [1.29, 1.82) is 0 Å².